The molecule has 0 aliphatic carbocycles. The second-order valence-electron chi connectivity index (χ2n) is 7.73. The summed E-state index contributed by atoms with van der Waals surface area (Å²) >= 11 is 0. The molecule has 0 saturated carbocycles. The van der Waals surface area contributed by atoms with E-state index in [9.17, 15) is 18.0 Å². The first-order valence-electron chi connectivity index (χ1n) is 10.4. The predicted molar refractivity (Wildman–Crippen MR) is 111 cm³/mol. The molecule has 9 heteroatoms. The van der Waals surface area contributed by atoms with Crippen LogP contribution in [-0.2, 0) is 23.9 Å². The first kappa shape index (κ1) is 22.0. The van der Waals surface area contributed by atoms with E-state index in [4.69, 9.17) is 4.52 Å². The normalized spacial score (nSPS) is 15.2. The van der Waals surface area contributed by atoms with Crippen LogP contribution in [0.4, 0.5) is 13.2 Å². The maximum atomic E-state index is 12.9. The lowest BCUT2D eigenvalue weighted by Crippen LogP contribution is -2.48. The molecule has 0 N–H and O–H groups in total. The fourth-order valence-electron chi connectivity index (χ4n) is 3.67. The van der Waals surface area contributed by atoms with Crippen LogP contribution in [0.1, 0.15) is 23.4 Å². The van der Waals surface area contributed by atoms with E-state index in [2.05, 4.69) is 15.0 Å². The van der Waals surface area contributed by atoms with Crippen molar-refractivity contribution < 1.29 is 22.5 Å². The Hall–Kier alpha value is -3.20. The molecule has 0 radical (unpaired) electrons. The second-order valence-corrected chi connectivity index (χ2v) is 7.73. The van der Waals surface area contributed by atoms with Gasteiger partial charge in [-0.1, -0.05) is 47.6 Å². The summed E-state index contributed by atoms with van der Waals surface area (Å²) in [6.45, 7) is 2.94. The van der Waals surface area contributed by atoms with E-state index in [0.29, 0.717) is 45.0 Å². The van der Waals surface area contributed by atoms with Gasteiger partial charge in [0.1, 0.15) is 0 Å². The molecule has 1 saturated heterocycles. The van der Waals surface area contributed by atoms with E-state index in [-0.39, 0.29) is 17.3 Å². The van der Waals surface area contributed by atoms with Crippen molar-refractivity contribution in [2.24, 2.45) is 0 Å². The van der Waals surface area contributed by atoms with Crippen molar-refractivity contribution in [2.75, 3.05) is 26.2 Å². The van der Waals surface area contributed by atoms with Crippen LogP contribution in [0.2, 0.25) is 0 Å². The van der Waals surface area contributed by atoms with Gasteiger partial charge >= 0.3 is 6.18 Å². The maximum Gasteiger partial charge on any atom is 0.416 e. The van der Waals surface area contributed by atoms with Crippen LogP contribution in [0.25, 0.3) is 11.4 Å². The molecule has 168 valence electrons. The van der Waals surface area contributed by atoms with Crippen molar-refractivity contribution in [1.29, 1.82) is 0 Å². The molecule has 1 amide bonds. The fraction of sp³-hybridized carbons (Fsp3) is 0.348. The number of hydrogen-bond donors (Lipinski definition) is 0. The number of halogens is 3. The third kappa shape index (κ3) is 5.53. The number of alkyl halides is 3. The Balaban J connectivity index is 1.28. The second kappa shape index (κ2) is 9.52. The standard InChI is InChI=1S/C23H23F3N4O2/c24-23(25,26)19-8-4-7-18(15-19)22-27-20(32-28-22)16-29-11-13-30(14-12-29)21(31)10-9-17-5-2-1-3-6-17/h1-8,15H,9-14,16H2. The number of amides is 1. The highest BCUT2D eigenvalue weighted by Gasteiger charge is 2.31. The predicted octanol–water partition coefficient (Wildman–Crippen LogP) is 4.03. The summed E-state index contributed by atoms with van der Waals surface area (Å²) in [5, 5.41) is 3.83. The zero-order chi connectivity index (χ0) is 22.6. The number of benzene rings is 2. The molecule has 1 fully saturated rings. The molecule has 2 aromatic carbocycles. The lowest BCUT2D eigenvalue weighted by molar-refractivity contribution is -0.137. The maximum absolute atomic E-state index is 12.9. The fourth-order valence-corrected chi connectivity index (χ4v) is 3.67. The largest absolute Gasteiger partial charge is 0.416 e. The van der Waals surface area contributed by atoms with Crippen molar-refractivity contribution in [3.8, 4) is 11.4 Å². The Bertz CT molecular complexity index is 1040. The molecule has 0 spiro atoms. The quantitative estimate of drug-likeness (QED) is 0.575. The molecular formula is C23H23F3N4O2. The molecule has 3 aromatic rings. The molecule has 1 aromatic heterocycles. The van der Waals surface area contributed by atoms with Crippen molar-refractivity contribution in [3.05, 3.63) is 71.6 Å². The van der Waals surface area contributed by atoms with Crippen molar-refractivity contribution >= 4 is 5.91 Å². The molecular weight excluding hydrogens is 421 g/mol. The van der Waals surface area contributed by atoms with Gasteiger partial charge in [0.25, 0.3) is 0 Å². The van der Waals surface area contributed by atoms with Crippen LogP contribution in [0.15, 0.2) is 59.1 Å². The van der Waals surface area contributed by atoms with Gasteiger partial charge in [-0.05, 0) is 24.1 Å². The van der Waals surface area contributed by atoms with Gasteiger partial charge in [-0.3, -0.25) is 9.69 Å². The van der Waals surface area contributed by atoms with Gasteiger partial charge in [0.15, 0.2) is 0 Å². The van der Waals surface area contributed by atoms with Gasteiger partial charge in [-0.2, -0.15) is 18.2 Å². The van der Waals surface area contributed by atoms with Gasteiger partial charge in [0.05, 0.1) is 12.1 Å². The van der Waals surface area contributed by atoms with E-state index in [0.717, 1.165) is 24.1 Å². The first-order valence-corrected chi connectivity index (χ1v) is 10.4. The molecule has 0 atom stereocenters. The van der Waals surface area contributed by atoms with E-state index >= 15 is 0 Å². The lowest BCUT2D eigenvalue weighted by Gasteiger charge is -2.34. The summed E-state index contributed by atoms with van der Waals surface area (Å²) in [5.41, 5.74) is 0.644. The molecule has 0 bridgehead atoms. The molecule has 1 aliphatic rings. The van der Waals surface area contributed by atoms with E-state index in [1.165, 1.54) is 12.1 Å². The van der Waals surface area contributed by atoms with Crippen LogP contribution in [0.5, 0.6) is 0 Å². The molecule has 32 heavy (non-hydrogen) atoms. The molecule has 0 unspecified atom stereocenters. The highest BCUT2D eigenvalue weighted by molar-refractivity contribution is 5.76. The van der Waals surface area contributed by atoms with Gasteiger partial charge in [-0.25, -0.2) is 0 Å². The van der Waals surface area contributed by atoms with Crippen molar-refractivity contribution in [3.63, 3.8) is 0 Å². The third-order valence-electron chi connectivity index (χ3n) is 5.47. The summed E-state index contributed by atoms with van der Waals surface area (Å²) in [6.07, 6.45) is -3.23. The van der Waals surface area contributed by atoms with Gasteiger partial charge in [-0.15, -0.1) is 0 Å². The average molecular weight is 444 g/mol. The Kier molecular flexibility index (Phi) is 6.55. The van der Waals surface area contributed by atoms with E-state index < -0.39 is 11.7 Å². The number of nitrogens with zero attached hydrogens (tertiary/aromatic N) is 4. The van der Waals surface area contributed by atoms with Crippen LogP contribution < -0.4 is 0 Å². The minimum atomic E-state index is -4.43. The average Bonchev–Trinajstić information content (AvgIpc) is 3.27. The molecule has 2 heterocycles. The summed E-state index contributed by atoms with van der Waals surface area (Å²) in [6, 6.07) is 14.8. The number of carbonyl (C=O) groups is 1. The highest BCUT2D eigenvalue weighted by Crippen LogP contribution is 2.31. The zero-order valence-corrected chi connectivity index (χ0v) is 17.4. The smallest absolute Gasteiger partial charge is 0.340 e. The van der Waals surface area contributed by atoms with E-state index in [1.54, 1.807) is 0 Å². The summed E-state index contributed by atoms with van der Waals surface area (Å²) in [7, 11) is 0. The minimum Gasteiger partial charge on any atom is -0.340 e. The van der Waals surface area contributed by atoms with Crippen LogP contribution in [0.3, 0.4) is 0 Å². The topological polar surface area (TPSA) is 62.5 Å². The molecule has 6 nitrogen and oxygen atoms in total. The molecule has 1 aliphatic heterocycles. The zero-order valence-electron chi connectivity index (χ0n) is 17.4. The first-order chi connectivity index (χ1) is 15.4. The van der Waals surface area contributed by atoms with Crippen LogP contribution >= 0.6 is 0 Å². The number of rotatable bonds is 6. The van der Waals surface area contributed by atoms with Crippen LogP contribution in [0, 0.1) is 0 Å². The van der Waals surface area contributed by atoms with E-state index in [1.807, 2.05) is 35.2 Å². The van der Waals surface area contributed by atoms with Crippen molar-refractivity contribution in [1.82, 2.24) is 19.9 Å². The monoisotopic (exact) mass is 444 g/mol. The molecule has 4 rings (SSSR count). The number of carbonyl (C=O) groups excluding carboxylic acids is 1. The van der Waals surface area contributed by atoms with Crippen LogP contribution in [-0.4, -0.2) is 52.0 Å². The summed E-state index contributed by atoms with van der Waals surface area (Å²) in [4.78, 5) is 20.7. The van der Waals surface area contributed by atoms with Gasteiger partial charge < -0.3 is 9.42 Å². The van der Waals surface area contributed by atoms with Gasteiger partial charge in [0, 0.05) is 38.2 Å². The number of hydrogen-bond acceptors (Lipinski definition) is 5. The highest BCUT2D eigenvalue weighted by atomic mass is 19.4. The Morgan fingerprint density at radius 3 is 2.47 bits per heavy atom. The number of aryl methyl sites for hydroxylation is 1. The Labute approximate surface area is 183 Å². The lowest BCUT2D eigenvalue weighted by atomic mass is 10.1. The summed E-state index contributed by atoms with van der Waals surface area (Å²) < 4.78 is 44.0. The number of aromatic nitrogens is 2. The van der Waals surface area contributed by atoms with Crippen molar-refractivity contribution in [2.45, 2.75) is 25.6 Å². The summed E-state index contributed by atoms with van der Waals surface area (Å²) in [5.74, 6) is 0.597. The minimum absolute atomic E-state index is 0.126. The number of piperazine rings is 1. The van der Waals surface area contributed by atoms with Gasteiger partial charge in [0.2, 0.25) is 17.6 Å². The Morgan fingerprint density at radius 1 is 1.00 bits per heavy atom. The SMILES string of the molecule is O=C(CCc1ccccc1)N1CCN(Cc2nc(-c3cccc(C(F)(F)F)c3)no2)CC1. The third-order valence-corrected chi connectivity index (χ3v) is 5.47. The Morgan fingerprint density at radius 2 is 1.75 bits per heavy atom.